The third kappa shape index (κ3) is 4.99. The molecule has 0 aromatic rings. The number of carboxylic acid groups (broad SMARTS) is 1. The standard InChI is InChI=1S/C8H15N3O4S/c1-4(8(14)15)10-7(13)5(3-16)11-6(12)2-9/h4-5,16H,2-3,9H2,1H3,(H,10,13)(H,11,12)(H,14,15). The van der Waals surface area contributed by atoms with Crippen molar-refractivity contribution in [3.05, 3.63) is 0 Å². The number of thiol groups is 1. The van der Waals surface area contributed by atoms with E-state index in [0.29, 0.717) is 0 Å². The van der Waals surface area contributed by atoms with Gasteiger partial charge in [0.25, 0.3) is 0 Å². The average Bonchev–Trinajstić information content (AvgIpc) is 2.24. The van der Waals surface area contributed by atoms with Crippen molar-refractivity contribution in [3.63, 3.8) is 0 Å². The molecular weight excluding hydrogens is 234 g/mol. The van der Waals surface area contributed by atoms with Gasteiger partial charge in [-0.15, -0.1) is 0 Å². The lowest BCUT2D eigenvalue weighted by Crippen LogP contribution is -2.52. The monoisotopic (exact) mass is 249 g/mol. The number of aliphatic carboxylic acids is 1. The maximum Gasteiger partial charge on any atom is 0.325 e. The van der Waals surface area contributed by atoms with Crippen molar-refractivity contribution in [1.82, 2.24) is 10.6 Å². The Bertz CT molecular complexity index is 284. The average molecular weight is 249 g/mol. The van der Waals surface area contributed by atoms with Gasteiger partial charge in [0.2, 0.25) is 11.8 Å². The van der Waals surface area contributed by atoms with Crippen LogP contribution >= 0.6 is 12.6 Å². The highest BCUT2D eigenvalue weighted by Gasteiger charge is 2.22. The van der Waals surface area contributed by atoms with Gasteiger partial charge in [0.15, 0.2) is 0 Å². The summed E-state index contributed by atoms with van der Waals surface area (Å²) in [7, 11) is 0. The van der Waals surface area contributed by atoms with Crippen LogP contribution in [-0.4, -0.2) is 47.3 Å². The van der Waals surface area contributed by atoms with Gasteiger partial charge >= 0.3 is 5.97 Å². The van der Waals surface area contributed by atoms with E-state index in [1.807, 2.05) is 0 Å². The molecule has 8 heteroatoms. The lowest BCUT2D eigenvalue weighted by molar-refractivity contribution is -0.141. The fourth-order valence-corrected chi connectivity index (χ4v) is 1.08. The van der Waals surface area contributed by atoms with Crippen molar-refractivity contribution in [3.8, 4) is 0 Å². The van der Waals surface area contributed by atoms with E-state index in [0.717, 1.165) is 0 Å². The number of rotatable bonds is 6. The lowest BCUT2D eigenvalue weighted by Gasteiger charge is -2.17. The highest BCUT2D eigenvalue weighted by Crippen LogP contribution is 1.91. The summed E-state index contributed by atoms with van der Waals surface area (Å²) < 4.78 is 0. The topological polar surface area (TPSA) is 122 Å². The molecule has 7 nitrogen and oxygen atoms in total. The van der Waals surface area contributed by atoms with Crippen LogP contribution in [0.5, 0.6) is 0 Å². The van der Waals surface area contributed by atoms with Crippen LogP contribution in [-0.2, 0) is 14.4 Å². The largest absolute Gasteiger partial charge is 0.480 e. The Balaban J connectivity index is 4.31. The number of carbonyl (C=O) groups excluding carboxylic acids is 2. The molecule has 2 unspecified atom stereocenters. The van der Waals surface area contributed by atoms with Crippen LogP contribution in [0.25, 0.3) is 0 Å². The van der Waals surface area contributed by atoms with E-state index in [4.69, 9.17) is 10.8 Å². The quantitative estimate of drug-likeness (QED) is 0.347. The number of nitrogens with two attached hydrogens (primary N) is 1. The van der Waals surface area contributed by atoms with Crippen LogP contribution in [0.3, 0.4) is 0 Å². The molecule has 0 rings (SSSR count). The van der Waals surface area contributed by atoms with Crippen molar-refractivity contribution in [1.29, 1.82) is 0 Å². The molecule has 16 heavy (non-hydrogen) atoms. The summed E-state index contributed by atoms with van der Waals surface area (Å²) in [5.41, 5.74) is 5.06. The molecule has 0 spiro atoms. The molecule has 5 N–H and O–H groups in total. The highest BCUT2D eigenvalue weighted by molar-refractivity contribution is 7.80. The van der Waals surface area contributed by atoms with Crippen LogP contribution in [0.2, 0.25) is 0 Å². The van der Waals surface area contributed by atoms with Crippen molar-refractivity contribution < 1.29 is 19.5 Å². The lowest BCUT2D eigenvalue weighted by atomic mass is 10.2. The van der Waals surface area contributed by atoms with Crippen molar-refractivity contribution in [2.45, 2.75) is 19.0 Å². The molecule has 92 valence electrons. The Morgan fingerprint density at radius 2 is 1.94 bits per heavy atom. The molecule has 0 fully saturated rings. The Labute approximate surface area is 98.2 Å². The van der Waals surface area contributed by atoms with E-state index < -0.39 is 29.9 Å². The van der Waals surface area contributed by atoms with E-state index in [1.54, 1.807) is 0 Å². The van der Waals surface area contributed by atoms with Gasteiger partial charge < -0.3 is 21.5 Å². The molecule has 0 bridgehead atoms. The SMILES string of the molecule is CC(NC(=O)C(CS)NC(=O)CN)C(=O)O. The maximum atomic E-state index is 11.5. The first kappa shape index (κ1) is 14.7. The van der Waals surface area contributed by atoms with E-state index in [1.165, 1.54) is 6.92 Å². The Hall–Kier alpha value is -1.28. The van der Waals surface area contributed by atoms with Gasteiger partial charge in [-0.2, -0.15) is 12.6 Å². The molecule has 0 aliphatic carbocycles. The predicted molar refractivity (Wildman–Crippen MR) is 60.1 cm³/mol. The molecule has 0 aliphatic heterocycles. The first-order valence-corrected chi connectivity index (χ1v) is 5.19. The van der Waals surface area contributed by atoms with E-state index >= 15 is 0 Å². The van der Waals surface area contributed by atoms with Gasteiger partial charge in [-0.25, -0.2) is 0 Å². The predicted octanol–water partition coefficient (Wildman–Crippen LogP) is -2.05. The minimum atomic E-state index is -1.16. The number of carboxylic acids is 1. The molecule has 0 saturated heterocycles. The third-order valence-corrected chi connectivity index (χ3v) is 2.11. The Kier molecular flexibility index (Phi) is 6.50. The van der Waals surface area contributed by atoms with E-state index in [2.05, 4.69) is 23.3 Å². The van der Waals surface area contributed by atoms with Gasteiger partial charge in [0, 0.05) is 5.75 Å². The third-order valence-electron chi connectivity index (χ3n) is 1.75. The molecule has 0 aromatic heterocycles. The Morgan fingerprint density at radius 1 is 1.38 bits per heavy atom. The zero-order valence-corrected chi connectivity index (χ0v) is 9.66. The normalized spacial score (nSPS) is 13.7. The molecular formula is C8H15N3O4S. The summed E-state index contributed by atoms with van der Waals surface area (Å²) >= 11 is 3.88. The zero-order chi connectivity index (χ0) is 12.7. The van der Waals surface area contributed by atoms with Crippen molar-refractivity contribution in [2.24, 2.45) is 5.73 Å². The minimum absolute atomic E-state index is 0.0594. The Morgan fingerprint density at radius 3 is 2.31 bits per heavy atom. The van der Waals surface area contributed by atoms with E-state index in [-0.39, 0.29) is 12.3 Å². The summed E-state index contributed by atoms with van der Waals surface area (Å²) in [5, 5.41) is 13.1. The van der Waals surface area contributed by atoms with Crippen LogP contribution in [0.15, 0.2) is 0 Å². The zero-order valence-electron chi connectivity index (χ0n) is 8.77. The van der Waals surface area contributed by atoms with Gasteiger partial charge in [-0.3, -0.25) is 14.4 Å². The smallest absolute Gasteiger partial charge is 0.325 e. The number of nitrogens with one attached hydrogen (secondary N) is 2. The summed E-state index contributed by atoms with van der Waals surface area (Å²) in [5.74, 6) is -2.20. The molecule has 0 heterocycles. The van der Waals surface area contributed by atoms with Crippen LogP contribution in [0, 0.1) is 0 Å². The van der Waals surface area contributed by atoms with E-state index in [9.17, 15) is 14.4 Å². The van der Waals surface area contributed by atoms with Gasteiger partial charge in [-0.1, -0.05) is 0 Å². The minimum Gasteiger partial charge on any atom is -0.480 e. The van der Waals surface area contributed by atoms with Gasteiger partial charge in [0.1, 0.15) is 12.1 Å². The summed E-state index contributed by atoms with van der Waals surface area (Å²) in [6, 6.07) is -1.91. The fourth-order valence-electron chi connectivity index (χ4n) is 0.823. The summed E-state index contributed by atoms with van der Waals surface area (Å²) in [6.07, 6.45) is 0. The summed E-state index contributed by atoms with van der Waals surface area (Å²) in [4.78, 5) is 32.9. The van der Waals surface area contributed by atoms with Crippen molar-refractivity contribution >= 4 is 30.4 Å². The molecule has 2 atom stereocenters. The molecule has 0 aliphatic rings. The van der Waals surface area contributed by atoms with Crippen LogP contribution in [0.1, 0.15) is 6.92 Å². The maximum absolute atomic E-state index is 11.5. The molecule has 2 amide bonds. The first-order valence-electron chi connectivity index (χ1n) is 4.55. The molecule has 0 radical (unpaired) electrons. The van der Waals surface area contributed by atoms with Gasteiger partial charge in [-0.05, 0) is 6.92 Å². The van der Waals surface area contributed by atoms with Crippen LogP contribution < -0.4 is 16.4 Å². The highest BCUT2D eigenvalue weighted by atomic mass is 32.1. The second-order valence-electron chi connectivity index (χ2n) is 3.08. The number of amides is 2. The number of hydrogen-bond acceptors (Lipinski definition) is 5. The molecule has 0 saturated carbocycles. The molecule has 0 aromatic carbocycles. The number of carbonyl (C=O) groups is 3. The number of hydrogen-bond donors (Lipinski definition) is 5. The second-order valence-corrected chi connectivity index (χ2v) is 3.44. The second kappa shape index (κ2) is 7.07. The van der Waals surface area contributed by atoms with Crippen molar-refractivity contribution in [2.75, 3.05) is 12.3 Å². The van der Waals surface area contributed by atoms with Crippen LogP contribution in [0.4, 0.5) is 0 Å². The van der Waals surface area contributed by atoms with Gasteiger partial charge in [0.05, 0.1) is 6.54 Å². The first-order chi connectivity index (χ1) is 7.42. The fraction of sp³-hybridized carbons (Fsp3) is 0.625. The summed E-state index contributed by atoms with van der Waals surface area (Å²) in [6.45, 7) is 1.08.